The van der Waals surface area contributed by atoms with Gasteiger partial charge in [-0.3, -0.25) is 19.7 Å². The first-order valence-electron chi connectivity index (χ1n) is 8.42. The maximum Gasteiger partial charge on any atom is 0.274 e. The van der Waals surface area contributed by atoms with Crippen molar-refractivity contribution >= 4 is 17.6 Å². The number of hydrogen-bond donors (Lipinski definition) is 2. The molecule has 25 heavy (non-hydrogen) atoms. The number of rotatable bonds is 2. The fourth-order valence-corrected chi connectivity index (χ4v) is 4.01. The van der Waals surface area contributed by atoms with E-state index in [1.54, 1.807) is 22.6 Å². The average molecular weight is 337 g/mol. The second-order valence-electron chi connectivity index (χ2n) is 6.78. The number of aromatic nitrogens is 1. The zero-order valence-electron chi connectivity index (χ0n) is 13.7. The number of pyridine rings is 1. The Morgan fingerprint density at radius 1 is 1.20 bits per heavy atom. The Hall–Kier alpha value is -2.73. The van der Waals surface area contributed by atoms with Gasteiger partial charge < -0.3 is 0 Å². The first kappa shape index (κ1) is 15.8. The highest BCUT2D eigenvalue weighted by Gasteiger charge is 2.48. The average Bonchev–Trinajstić information content (AvgIpc) is 2.97. The van der Waals surface area contributed by atoms with Crippen LogP contribution in [0.2, 0.25) is 0 Å². The zero-order valence-corrected chi connectivity index (χ0v) is 13.7. The lowest BCUT2D eigenvalue weighted by atomic mass is 9.70. The summed E-state index contributed by atoms with van der Waals surface area (Å²) in [5.74, 6) is 0.348. The van der Waals surface area contributed by atoms with Crippen LogP contribution in [0.25, 0.3) is 0 Å². The van der Waals surface area contributed by atoms with Crippen LogP contribution in [0.5, 0.6) is 0 Å². The summed E-state index contributed by atoms with van der Waals surface area (Å²) in [6, 6.07) is 11.0. The summed E-state index contributed by atoms with van der Waals surface area (Å²) in [6.45, 7) is 0.691. The smallest absolute Gasteiger partial charge is 0.274 e. The molecule has 1 aliphatic heterocycles. The standard InChI is InChI=1S/C19H19N3O3/c23-17(21-25)14-4-5-15-12-19(7-6-13(15)11-14)8-10-22(18(19)24)16-3-1-2-9-20-16/h1-5,9,11,25H,6-8,10,12H2,(H,21,23)/t19-/m0/s1. The largest absolute Gasteiger partial charge is 0.296 e. The van der Waals surface area contributed by atoms with Crippen LogP contribution < -0.4 is 10.4 Å². The lowest BCUT2D eigenvalue weighted by molar-refractivity contribution is -0.126. The molecule has 1 saturated heterocycles. The number of anilines is 1. The Labute approximate surface area is 145 Å². The Bertz CT molecular complexity index is 837. The minimum Gasteiger partial charge on any atom is -0.296 e. The van der Waals surface area contributed by atoms with Gasteiger partial charge in [-0.25, -0.2) is 10.5 Å². The van der Waals surface area contributed by atoms with Crippen molar-refractivity contribution in [2.24, 2.45) is 5.41 Å². The van der Waals surface area contributed by atoms with Crippen LogP contribution in [0, 0.1) is 5.41 Å². The highest BCUT2D eigenvalue weighted by Crippen LogP contribution is 2.44. The van der Waals surface area contributed by atoms with Gasteiger partial charge >= 0.3 is 0 Å². The van der Waals surface area contributed by atoms with Gasteiger partial charge in [-0.2, -0.15) is 0 Å². The monoisotopic (exact) mass is 337 g/mol. The normalized spacial score (nSPS) is 22.1. The Balaban J connectivity index is 1.60. The molecule has 0 radical (unpaired) electrons. The maximum atomic E-state index is 13.1. The second kappa shape index (κ2) is 5.97. The number of aryl methyl sites for hydroxylation is 1. The van der Waals surface area contributed by atoms with E-state index < -0.39 is 5.91 Å². The number of nitrogens with zero attached hydrogens (tertiary/aromatic N) is 2. The van der Waals surface area contributed by atoms with Crippen molar-refractivity contribution in [3.8, 4) is 0 Å². The SMILES string of the molecule is O=C(NO)c1ccc2c(c1)CC[C@]1(CCN(c3ccccn3)C1=O)C2. The van der Waals surface area contributed by atoms with Gasteiger partial charge in [0.2, 0.25) is 5.91 Å². The third-order valence-electron chi connectivity index (χ3n) is 5.41. The van der Waals surface area contributed by atoms with Crippen molar-refractivity contribution < 1.29 is 14.8 Å². The summed E-state index contributed by atoms with van der Waals surface area (Å²) in [5, 5.41) is 8.78. The second-order valence-corrected chi connectivity index (χ2v) is 6.78. The molecule has 6 nitrogen and oxygen atoms in total. The lowest BCUT2D eigenvalue weighted by Gasteiger charge is -2.33. The molecule has 2 amide bonds. The third kappa shape index (κ3) is 2.59. The maximum absolute atomic E-state index is 13.1. The number of carbonyl (C=O) groups is 2. The van der Waals surface area contributed by atoms with Crippen molar-refractivity contribution in [1.29, 1.82) is 0 Å². The molecule has 2 heterocycles. The molecule has 2 aliphatic rings. The van der Waals surface area contributed by atoms with Crippen LogP contribution in [0.1, 0.15) is 34.3 Å². The molecule has 1 aliphatic carbocycles. The van der Waals surface area contributed by atoms with Gasteiger partial charge in [0.05, 0.1) is 5.41 Å². The molecule has 1 spiro atoms. The summed E-state index contributed by atoms with van der Waals surface area (Å²) in [7, 11) is 0. The third-order valence-corrected chi connectivity index (χ3v) is 5.41. The number of amides is 2. The van der Waals surface area contributed by atoms with Gasteiger partial charge in [-0.05, 0) is 61.1 Å². The Morgan fingerprint density at radius 3 is 2.84 bits per heavy atom. The minimum absolute atomic E-state index is 0.147. The van der Waals surface area contributed by atoms with Crippen LogP contribution in [-0.4, -0.2) is 28.6 Å². The molecule has 0 bridgehead atoms. The van der Waals surface area contributed by atoms with Gasteiger partial charge in [0.1, 0.15) is 5.82 Å². The number of carbonyl (C=O) groups excluding carboxylic acids is 2. The summed E-state index contributed by atoms with van der Waals surface area (Å²) >= 11 is 0. The summed E-state index contributed by atoms with van der Waals surface area (Å²) in [4.78, 5) is 30.8. The van der Waals surface area contributed by atoms with Gasteiger partial charge in [0, 0.05) is 18.3 Å². The predicted octanol–water partition coefficient (Wildman–Crippen LogP) is 2.11. The van der Waals surface area contributed by atoms with E-state index in [2.05, 4.69) is 4.98 Å². The predicted molar refractivity (Wildman–Crippen MR) is 91.4 cm³/mol. The van der Waals surface area contributed by atoms with Crippen molar-refractivity contribution in [3.63, 3.8) is 0 Å². The lowest BCUT2D eigenvalue weighted by Crippen LogP contribution is -2.39. The minimum atomic E-state index is -0.513. The fraction of sp³-hybridized carbons (Fsp3) is 0.316. The topological polar surface area (TPSA) is 82.5 Å². The van der Waals surface area contributed by atoms with Gasteiger partial charge in [0.25, 0.3) is 5.91 Å². The van der Waals surface area contributed by atoms with Crippen LogP contribution in [0.15, 0.2) is 42.6 Å². The number of benzene rings is 1. The van der Waals surface area contributed by atoms with E-state index in [0.29, 0.717) is 24.3 Å². The van der Waals surface area contributed by atoms with Crippen molar-refractivity contribution in [2.45, 2.75) is 25.7 Å². The van der Waals surface area contributed by atoms with E-state index in [0.717, 1.165) is 30.4 Å². The molecule has 0 saturated carbocycles. The van der Waals surface area contributed by atoms with Gasteiger partial charge in [0.15, 0.2) is 0 Å². The van der Waals surface area contributed by atoms with Crippen LogP contribution in [0.3, 0.4) is 0 Å². The van der Waals surface area contributed by atoms with E-state index in [4.69, 9.17) is 5.21 Å². The number of nitrogens with one attached hydrogen (secondary N) is 1. The fourth-order valence-electron chi connectivity index (χ4n) is 4.01. The molecule has 128 valence electrons. The highest BCUT2D eigenvalue weighted by atomic mass is 16.5. The Morgan fingerprint density at radius 2 is 2.08 bits per heavy atom. The van der Waals surface area contributed by atoms with Gasteiger partial charge in [-0.15, -0.1) is 0 Å². The number of fused-ring (bicyclic) bond motifs is 1. The molecule has 4 rings (SSSR count). The van der Waals surface area contributed by atoms with E-state index in [9.17, 15) is 9.59 Å². The molecular formula is C19H19N3O3. The van der Waals surface area contributed by atoms with Gasteiger partial charge in [-0.1, -0.05) is 12.1 Å². The molecule has 2 N–H and O–H groups in total. The van der Waals surface area contributed by atoms with Crippen LogP contribution in [-0.2, 0) is 17.6 Å². The van der Waals surface area contributed by atoms with E-state index in [-0.39, 0.29) is 11.3 Å². The molecular weight excluding hydrogens is 318 g/mol. The highest BCUT2D eigenvalue weighted by molar-refractivity contribution is 5.99. The molecule has 6 heteroatoms. The molecule has 1 atom stereocenters. The quantitative estimate of drug-likeness (QED) is 0.649. The molecule has 1 aromatic carbocycles. The number of hydroxylamine groups is 1. The molecule has 1 fully saturated rings. The molecule has 2 aromatic rings. The Kier molecular flexibility index (Phi) is 3.77. The summed E-state index contributed by atoms with van der Waals surface area (Å²) in [6.07, 6.45) is 4.74. The summed E-state index contributed by atoms with van der Waals surface area (Å²) < 4.78 is 0. The zero-order chi connectivity index (χ0) is 17.4. The van der Waals surface area contributed by atoms with Crippen molar-refractivity contribution in [2.75, 3.05) is 11.4 Å². The number of hydrogen-bond acceptors (Lipinski definition) is 4. The first-order valence-corrected chi connectivity index (χ1v) is 8.42. The first-order chi connectivity index (χ1) is 12.1. The van der Waals surface area contributed by atoms with Crippen molar-refractivity contribution in [1.82, 2.24) is 10.5 Å². The van der Waals surface area contributed by atoms with E-state index in [1.807, 2.05) is 30.3 Å². The van der Waals surface area contributed by atoms with Crippen molar-refractivity contribution in [3.05, 3.63) is 59.3 Å². The van der Waals surface area contributed by atoms with Crippen LogP contribution in [0.4, 0.5) is 5.82 Å². The molecule has 0 unspecified atom stereocenters. The van der Waals surface area contributed by atoms with Crippen LogP contribution >= 0.6 is 0 Å². The van der Waals surface area contributed by atoms with E-state index in [1.165, 1.54) is 0 Å². The molecule has 1 aromatic heterocycles. The van der Waals surface area contributed by atoms with E-state index >= 15 is 0 Å². The summed E-state index contributed by atoms with van der Waals surface area (Å²) in [5.41, 5.74) is 3.91.